The van der Waals surface area contributed by atoms with Gasteiger partial charge >= 0.3 is 0 Å². The van der Waals surface area contributed by atoms with Crippen molar-refractivity contribution in [1.29, 1.82) is 0 Å². The fraction of sp³-hybridized carbons (Fsp3) is 0.267. The van der Waals surface area contributed by atoms with Gasteiger partial charge in [0.25, 0.3) is 0 Å². The Labute approximate surface area is 129 Å². The summed E-state index contributed by atoms with van der Waals surface area (Å²) in [5.41, 5.74) is 2.44. The largest absolute Gasteiger partial charge is 0.358 e. The number of benzene rings is 1. The second-order valence-electron chi connectivity index (χ2n) is 5.54. The maximum atomic E-state index is 12.4. The topological polar surface area (TPSA) is 32.9 Å². The SMILES string of the molecule is CC(C)(C)c1c[nH]c(C(=O)c2cc(Br)cc(Br)c2)c1. The summed E-state index contributed by atoms with van der Waals surface area (Å²) in [6.45, 7) is 6.38. The van der Waals surface area contributed by atoms with E-state index in [-0.39, 0.29) is 11.2 Å². The summed E-state index contributed by atoms with van der Waals surface area (Å²) in [5, 5.41) is 0. The molecular formula is C15H15Br2NO. The molecular weight excluding hydrogens is 370 g/mol. The van der Waals surface area contributed by atoms with Crippen LogP contribution in [0, 0.1) is 0 Å². The van der Waals surface area contributed by atoms with Gasteiger partial charge in [0.15, 0.2) is 0 Å². The lowest BCUT2D eigenvalue weighted by atomic mass is 9.89. The van der Waals surface area contributed by atoms with Crippen LogP contribution in [0.4, 0.5) is 0 Å². The summed E-state index contributed by atoms with van der Waals surface area (Å²) in [7, 11) is 0. The standard InChI is InChI=1S/C15H15Br2NO/c1-15(2,3)10-6-13(18-8-10)14(19)9-4-11(16)7-12(17)5-9/h4-8,18H,1-3H3. The third kappa shape index (κ3) is 3.37. The van der Waals surface area contributed by atoms with Crippen molar-refractivity contribution in [3.8, 4) is 0 Å². The van der Waals surface area contributed by atoms with Crippen LogP contribution in [0.5, 0.6) is 0 Å². The minimum Gasteiger partial charge on any atom is -0.358 e. The van der Waals surface area contributed by atoms with Crippen LogP contribution in [0.25, 0.3) is 0 Å². The van der Waals surface area contributed by atoms with Gasteiger partial charge in [0.1, 0.15) is 0 Å². The lowest BCUT2D eigenvalue weighted by Crippen LogP contribution is -2.09. The molecule has 0 bridgehead atoms. The number of hydrogen-bond acceptors (Lipinski definition) is 1. The van der Waals surface area contributed by atoms with Gasteiger partial charge in [-0.1, -0.05) is 52.6 Å². The van der Waals surface area contributed by atoms with Gasteiger partial charge in [-0.3, -0.25) is 4.79 Å². The first kappa shape index (κ1) is 14.5. The van der Waals surface area contributed by atoms with Gasteiger partial charge in [-0.15, -0.1) is 0 Å². The number of rotatable bonds is 2. The van der Waals surface area contributed by atoms with E-state index >= 15 is 0 Å². The molecule has 0 aliphatic heterocycles. The van der Waals surface area contributed by atoms with Crippen LogP contribution in [-0.4, -0.2) is 10.8 Å². The van der Waals surface area contributed by atoms with Gasteiger partial charge in [0, 0.05) is 20.7 Å². The first-order chi connectivity index (χ1) is 8.77. The molecule has 2 aromatic rings. The lowest BCUT2D eigenvalue weighted by molar-refractivity contribution is 0.103. The first-order valence-electron chi connectivity index (χ1n) is 5.97. The van der Waals surface area contributed by atoms with Crippen molar-refractivity contribution >= 4 is 37.6 Å². The molecule has 19 heavy (non-hydrogen) atoms. The second kappa shape index (κ2) is 5.25. The Balaban J connectivity index is 2.36. The molecule has 100 valence electrons. The number of aromatic nitrogens is 1. The Bertz CT molecular complexity index is 603. The van der Waals surface area contributed by atoms with Crippen LogP contribution in [0.3, 0.4) is 0 Å². The molecule has 1 aromatic carbocycles. The molecule has 4 heteroatoms. The Morgan fingerprint density at radius 1 is 1.05 bits per heavy atom. The van der Waals surface area contributed by atoms with Crippen molar-refractivity contribution in [2.45, 2.75) is 26.2 Å². The number of H-pyrrole nitrogens is 1. The molecule has 0 aliphatic carbocycles. The van der Waals surface area contributed by atoms with Crippen LogP contribution in [-0.2, 0) is 5.41 Å². The average Bonchev–Trinajstić information content (AvgIpc) is 2.75. The lowest BCUT2D eigenvalue weighted by Gasteiger charge is -2.15. The Morgan fingerprint density at radius 2 is 1.63 bits per heavy atom. The van der Waals surface area contributed by atoms with Crippen molar-refractivity contribution in [3.63, 3.8) is 0 Å². The minimum atomic E-state index is -0.00231. The minimum absolute atomic E-state index is 0.00231. The third-order valence-electron chi connectivity index (χ3n) is 2.92. The maximum absolute atomic E-state index is 12.4. The zero-order chi connectivity index (χ0) is 14.2. The van der Waals surface area contributed by atoms with Crippen molar-refractivity contribution < 1.29 is 4.79 Å². The summed E-state index contributed by atoms with van der Waals surface area (Å²) in [4.78, 5) is 15.5. The Hall–Kier alpha value is -0.870. The van der Waals surface area contributed by atoms with Gasteiger partial charge in [0.2, 0.25) is 5.78 Å². The van der Waals surface area contributed by atoms with Crippen molar-refractivity contribution in [2.24, 2.45) is 0 Å². The summed E-state index contributed by atoms with van der Waals surface area (Å²) in [6, 6.07) is 7.48. The zero-order valence-electron chi connectivity index (χ0n) is 11.1. The van der Waals surface area contributed by atoms with E-state index in [1.807, 2.05) is 30.5 Å². The average molecular weight is 385 g/mol. The highest BCUT2D eigenvalue weighted by molar-refractivity contribution is 9.11. The number of aromatic amines is 1. The Kier molecular flexibility index (Phi) is 4.02. The Morgan fingerprint density at radius 3 is 2.11 bits per heavy atom. The summed E-state index contributed by atoms with van der Waals surface area (Å²) >= 11 is 6.80. The van der Waals surface area contributed by atoms with Crippen LogP contribution < -0.4 is 0 Å². The summed E-state index contributed by atoms with van der Waals surface area (Å²) < 4.78 is 1.76. The number of halogens is 2. The van der Waals surface area contributed by atoms with Gasteiger partial charge in [-0.25, -0.2) is 0 Å². The highest BCUT2D eigenvalue weighted by Gasteiger charge is 2.18. The molecule has 0 atom stereocenters. The highest BCUT2D eigenvalue weighted by atomic mass is 79.9. The normalized spacial score (nSPS) is 11.6. The second-order valence-corrected chi connectivity index (χ2v) is 7.37. The van der Waals surface area contributed by atoms with Gasteiger partial charge in [0.05, 0.1) is 5.69 Å². The number of carbonyl (C=O) groups is 1. The van der Waals surface area contributed by atoms with Crippen molar-refractivity contribution in [2.75, 3.05) is 0 Å². The number of carbonyl (C=O) groups excluding carboxylic acids is 1. The van der Waals surface area contributed by atoms with Crippen LogP contribution in [0.2, 0.25) is 0 Å². The van der Waals surface area contributed by atoms with Crippen LogP contribution in [0.1, 0.15) is 42.4 Å². The van der Waals surface area contributed by atoms with Crippen molar-refractivity contribution in [3.05, 3.63) is 56.2 Å². The fourth-order valence-electron chi connectivity index (χ4n) is 1.80. The predicted octanol–water partition coefficient (Wildman–Crippen LogP) is 5.07. The molecule has 1 aromatic heterocycles. The van der Waals surface area contributed by atoms with E-state index in [0.29, 0.717) is 11.3 Å². The third-order valence-corrected chi connectivity index (χ3v) is 3.83. The molecule has 1 N–H and O–H groups in total. The number of hydrogen-bond donors (Lipinski definition) is 1. The molecule has 1 heterocycles. The van der Waals surface area contributed by atoms with E-state index < -0.39 is 0 Å². The van der Waals surface area contributed by atoms with Crippen molar-refractivity contribution in [1.82, 2.24) is 4.98 Å². The van der Waals surface area contributed by atoms with Crippen LogP contribution >= 0.6 is 31.9 Å². The molecule has 0 spiro atoms. The quantitative estimate of drug-likeness (QED) is 0.720. The summed E-state index contributed by atoms with van der Waals surface area (Å²) in [5.74, 6) is -0.00231. The van der Waals surface area contributed by atoms with E-state index in [1.165, 1.54) is 0 Å². The molecule has 0 radical (unpaired) electrons. The van der Waals surface area contributed by atoms with Gasteiger partial charge in [-0.05, 0) is 35.2 Å². The number of nitrogens with one attached hydrogen (secondary N) is 1. The smallest absolute Gasteiger partial charge is 0.209 e. The van der Waals surface area contributed by atoms with E-state index in [9.17, 15) is 4.79 Å². The molecule has 0 saturated carbocycles. The molecule has 2 rings (SSSR count). The number of ketones is 1. The molecule has 0 amide bonds. The van der Waals surface area contributed by atoms with Gasteiger partial charge in [-0.2, -0.15) is 0 Å². The van der Waals surface area contributed by atoms with E-state index in [4.69, 9.17) is 0 Å². The fourth-order valence-corrected chi connectivity index (χ4v) is 3.09. The molecule has 0 fully saturated rings. The maximum Gasteiger partial charge on any atom is 0.209 e. The van der Waals surface area contributed by atoms with E-state index in [0.717, 1.165) is 14.5 Å². The van der Waals surface area contributed by atoms with E-state index in [1.54, 1.807) is 0 Å². The molecule has 2 nitrogen and oxygen atoms in total. The highest BCUT2D eigenvalue weighted by Crippen LogP contribution is 2.25. The molecule has 0 aliphatic rings. The predicted molar refractivity (Wildman–Crippen MR) is 84.8 cm³/mol. The molecule has 0 unspecified atom stereocenters. The summed E-state index contributed by atoms with van der Waals surface area (Å²) in [6.07, 6.45) is 1.90. The zero-order valence-corrected chi connectivity index (χ0v) is 14.2. The van der Waals surface area contributed by atoms with Crippen LogP contribution in [0.15, 0.2) is 39.4 Å². The first-order valence-corrected chi connectivity index (χ1v) is 7.55. The molecule has 0 saturated heterocycles. The monoisotopic (exact) mass is 383 g/mol. The van der Waals surface area contributed by atoms with E-state index in [2.05, 4.69) is 57.6 Å². The van der Waals surface area contributed by atoms with Gasteiger partial charge < -0.3 is 4.98 Å².